The molecule has 0 aliphatic heterocycles. The SMILES string of the molecule is NC(=O)CCC(N)C(=O)NC(Cc1c[nH]c2ccccc12)C(=O)NC(Cc1ccccc1)C(=O)NC(CCCN=C(N)N)C(=O)O. The first-order valence-electron chi connectivity index (χ1n) is 14.8. The topological polar surface area (TPSA) is 274 Å². The van der Waals surface area contributed by atoms with Crippen LogP contribution in [0.5, 0.6) is 0 Å². The molecule has 4 amide bonds. The highest BCUT2D eigenvalue weighted by molar-refractivity contribution is 5.95. The van der Waals surface area contributed by atoms with Crippen molar-refractivity contribution in [1.82, 2.24) is 20.9 Å². The molecule has 3 rings (SSSR count). The maximum Gasteiger partial charge on any atom is 0.326 e. The lowest BCUT2D eigenvalue weighted by atomic mass is 10.0. The van der Waals surface area contributed by atoms with Gasteiger partial charge in [0.2, 0.25) is 23.6 Å². The van der Waals surface area contributed by atoms with Gasteiger partial charge in [-0.25, -0.2) is 4.79 Å². The average molecular weight is 636 g/mol. The van der Waals surface area contributed by atoms with Crippen LogP contribution in [0.25, 0.3) is 10.9 Å². The number of aliphatic carboxylic acids is 1. The van der Waals surface area contributed by atoms with Crippen molar-refractivity contribution in [2.24, 2.45) is 27.9 Å². The van der Waals surface area contributed by atoms with Crippen molar-refractivity contribution in [2.75, 3.05) is 6.54 Å². The number of nitrogens with two attached hydrogens (primary N) is 4. The number of aliphatic imine (C=N–C) groups is 1. The second-order valence-corrected chi connectivity index (χ2v) is 10.8. The Kier molecular flexibility index (Phi) is 13.1. The number of hydrogen-bond acceptors (Lipinski definition) is 7. The number of rotatable bonds is 18. The second-order valence-electron chi connectivity index (χ2n) is 10.8. The lowest BCUT2D eigenvalue weighted by Gasteiger charge is -2.25. The van der Waals surface area contributed by atoms with Gasteiger partial charge < -0.3 is 49.0 Å². The Hall–Kier alpha value is -5.44. The van der Waals surface area contributed by atoms with Crippen LogP contribution in [0.3, 0.4) is 0 Å². The summed E-state index contributed by atoms with van der Waals surface area (Å²) in [6.07, 6.45) is 1.95. The van der Waals surface area contributed by atoms with E-state index in [4.69, 9.17) is 22.9 Å². The van der Waals surface area contributed by atoms with Gasteiger partial charge in [0.25, 0.3) is 0 Å². The number of guanidine groups is 1. The lowest BCUT2D eigenvalue weighted by Crippen LogP contribution is -2.58. The summed E-state index contributed by atoms with van der Waals surface area (Å²) in [7, 11) is 0. The van der Waals surface area contributed by atoms with E-state index in [1.165, 1.54) is 0 Å². The number of fused-ring (bicyclic) bond motifs is 1. The summed E-state index contributed by atoms with van der Waals surface area (Å²) in [4.78, 5) is 70.5. The minimum atomic E-state index is -1.28. The first kappa shape index (κ1) is 35.0. The van der Waals surface area contributed by atoms with Crippen molar-refractivity contribution in [3.63, 3.8) is 0 Å². The Morgan fingerprint density at radius 1 is 0.783 bits per heavy atom. The summed E-state index contributed by atoms with van der Waals surface area (Å²) in [6, 6.07) is 11.5. The number of aromatic amines is 1. The third-order valence-corrected chi connectivity index (χ3v) is 7.25. The number of carboxylic acids is 1. The number of hydrogen-bond donors (Lipinski definition) is 9. The van der Waals surface area contributed by atoms with Crippen LogP contribution in [-0.4, -0.2) is 76.4 Å². The minimum Gasteiger partial charge on any atom is -0.480 e. The highest BCUT2D eigenvalue weighted by Gasteiger charge is 2.31. The summed E-state index contributed by atoms with van der Waals surface area (Å²) < 4.78 is 0. The van der Waals surface area contributed by atoms with Gasteiger partial charge in [-0.3, -0.25) is 24.2 Å². The molecule has 0 bridgehead atoms. The second kappa shape index (κ2) is 17.2. The van der Waals surface area contributed by atoms with Crippen LogP contribution in [0.2, 0.25) is 0 Å². The van der Waals surface area contributed by atoms with Crippen molar-refractivity contribution in [2.45, 2.75) is 62.7 Å². The summed E-state index contributed by atoms with van der Waals surface area (Å²) in [5.41, 5.74) is 24.1. The lowest BCUT2D eigenvalue weighted by molar-refractivity contribution is -0.142. The van der Waals surface area contributed by atoms with Gasteiger partial charge in [-0.1, -0.05) is 48.5 Å². The predicted molar refractivity (Wildman–Crippen MR) is 172 cm³/mol. The van der Waals surface area contributed by atoms with E-state index in [0.717, 1.165) is 16.5 Å². The molecule has 15 heteroatoms. The van der Waals surface area contributed by atoms with Crippen molar-refractivity contribution in [1.29, 1.82) is 0 Å². The first-order valence-corrected chi connectivity index (χ1v) is 14.8. The summed E-state index contributed by atoms with van der Waals surface area (Å²) in [6.45, 7) is 0.170. The number of amides is 4. The van der Waals surface area contributed by atoms with E-state index in [2.05, 4.69) is 25.9 Å². The Morgan fingerprint density at radius 3 is 2.04 bits per heavy atom. The number of para-hydroxylation sites is 1. The smallest absolute Gasteiger partial charge is 0.326 e. The summed E-state index contributed by atoms with van der Waals surface area (Å²) in [5, 5.41) is 18.4. The Balaban J connectivity index is 1.85. The number of carboxylic acid groups (broad SMARTS) is 1. The van der Waals surface area contributed by atoms with Gasteiger partial charge in [0.1, 0.15) is 18.1 Å². The van der Waals surface area contributed by atoms with Crippen LogP contribution in [-0.2, 0) is 36.8 Å². The molecule has 46 heavy (non-hydrogen) atoms. The number of nitrogens with one attached hydrogen (secondary N) is 4. The third-order valence-electron chi connectivity index (χ3n) is 7.25. The first-order chi connectivity index (χ1) is 21.9. The van der Waals surface area contributed by atoms with Gasteiger partial charge in [-0.2, -0.15) is 0 Å². The molecule has 15 nitrogen and oxygen atoms in total. The molecule has 0 saturated heterocycles. The highest BCUT2D eigenvalue weighted by atomic mass is 16.4. The standard InChI is InChI=1S/C31H41N9O6/c32-21(12-13-26(33)41)27(42)39-25(16-19-17-37-22-10-5-4-9-20(19)22)29(44)40-24(15-18-7-2-1-3-8-18)28(43)38-23(30(45)46)11-6-14-36-31(34)35/h1-5,7-10,17,21,23-25,37H,6,11-16,32H2,(H2,33,41)(H,38,43)(H,39,42)(H,40,44)(H,45,46)(H4,34,35,36). The minimum absolute atomic E-state index is 0.0264. The zero-order valence-electron chi connectivity index (χ0n) is 25.3. The average Bonchev–Trinajstić information content (AvgIpc) is 3.43. The summed E-state index contributed by atoms with van der Waals surface area (Å²) >= 11 is 0. The fourth-order valence-electron chi connectivity index (χ4n) is 4.80. The van der Waals surface area contributed by atoms with Crippen LogP contribution in [0.15, 0.2) is 65.8 Å². The molecular formula is C31H41N9O6. The molecular weight excluding hydrogens is 594 g/mol. The van der Waals surface area contributed by atoms with Crippen LogP contribution >= 0.6 is 0 Å². The molecule has 4 unspecified atom stereocenters. The highest BCUT2D eigenvalue weighted by Crippen LogP contribution is 2.19. The number of carbonyl (C=O) groups is 5. The largest absolute Gasteiger partial charge is 0.480 e. The van der Waals surface area contributed by atoms with E-state index in [0.29, 0.717) is 5.56 Å². The van der Waals surface area contributed by atoms with Crippen LogP contribution in [0.4, 0.5) is 0 Å². The number of H-pyrrole nitrogens is 1. The molecule has 2 aromatic carbocycles. The number of benzene rings is 2. The van der Waals surface area contributed by atoms with Crippen LogP contribution in [0, 0.1) is 0 Å². The number of primary amides is 1. The van der Waals surface area contributed by atoms with Crippen LogP contribution < -0.4 is 38.9 Å². The van der Waals surface area contributed by atoms with Gasteiger partial charge in [-0.05, 0) is 36.5 Å². The molecule has 1 heterocycles. The van der Waals surface area contributed by atoms with E-state index >= 15 is 0 Å². The zero-order chi connectivity index (χ0) is 33.6. The van der Waals surface area contributed by atoms with E-state index in [1.807, 2.05) is 24.3 Å². The van der Waals surface area contributed by atoms with Crippen LogP contribution in [0.1, 0.15) is 36.8 Å². The molecule has 3 aromatic rings. The predicted octanol–water partition coefficient (Wildman–Crippen LogP) is -0.861. The molecule has 0 aliphatic rings. The Bertz CT molecular complexity index is 1540. The molecule has 0 spiro atoms. The van der Waals surface area contributed by atoms with E-state index in [1.54, 1.807) is 36.5 Å². The van der Waals surface area contributed by atoms with Gasteiger partial charge in [0, 0.05) is 42.9 Å². The normalized spacial score (nSPS) is 13.5. The number of nitrogens with zero attached hydrogens (tertiary/aromatic N) is 1. The zero-order valence-corrected chi connectivity index (χ0v) is 25.3. The van der Waals surface area contributed by atoms with Gasteiger partial charge in [0.05, 0.1) is 6.04 Å². The van der Waals surface area contributed by atoms with Crippen molar-refractivity contribution < 1.29 is 29.1 Å². The monoisotopic (exact) mass is 635 g/mol. The molecule has 0 fully saturated rings. The molecule has 13 N–H and O–H groups in total. The maximum absolute atomic E-state index is 13.8. The fraction of sp³-hybridized carbons (Fsp3) is 0.355. The van der Waals surface area contributed by atoms with E-state index in [9.17, 15) is 29.1 Å². The summed E-state index contributed by atoms with van der Waals surface area (Å²) in [5.74, 6) is -4.14. The maximum atomic E-state index is 13.8. The van der Waals surface area contributed by atoms with Gasteiger partial charge in [0.15, 0.2) is 5.96 Å². The quantitative estimate of drug-likeness (QED) is 0.0477. The third kappa shape index (κ3) is 10.9. The molecule has 0 radical (unpaired) electrons. The van der Waals surface area contributed by atoms with Crippen molar-refractivity contribution in [3.8, 4) is 0 Å². The molecule has 1 aromatic heterocycles. The molecule has 0 saturated carbocycles. The number of aromatic nitrogens is 1. The van der Waals surface area contributed by atoms with Crippen molar-refractivity contribution in [3.05, 3.63) is 71.9 Å². The molecule has 246 valence electrons. The molecule has 0 aliphatic carbocycles. The van der Waals surface area contributed by atoms with E-state index in [-0.39, 0.29) is 51.0 Å². The fourth-order valence-corrected chi connectivity index (χ4v) is 4.80. The van der Waals surface area contributed by atoms with Crippen molar-refractivity contribution >= 4 is 46.5 Å². The molecule has 4 atom stereocenters. The van der Waals surface area contributed by atoms with Gasteiger partial charge in [-0.15, -0.1) is 0 Å². The van der Waals surface area contributed by atoms with Gasteiger partial charge >= 0.3 is 5.97 Å². The Morgan fingerprint density at radius 2 is 1.39 bits per heavy atom. The number of carbonyl (C=O) groups excluding carboxylic acids is 4. The van der Waals surface area contributed by atoms with E-state index < -0.39 is 53.8 Å². The Labute approximate surface area is 265 Å².